The standard InChI is InChI=1S/C19H22N2O2/c1-15-13-17(23-16-5-3-2-4-6-16)7-8-18(15)19(22)14-21-11-9-20-10-12-21/h2-8,13,20H,9-12,14H2,1H3. The van der Waals surface area contributed by atoms with Crippen molar-refractivity contribution in [2.24, 2.45) is 0 Å². The Labute approximate surface area is 137 Å². The summed E-state index contributed by atoms with van der Waals surface area (Å²) >= 11 is 0. The highest BCUT2D eigenvalue weighted by atomic mass is 16.5. The maximum absolute atomic E-state index is 12.5. The second-order valence-electron chi connectivity index (χ2n) is 5.84. The molecule has 23 heavy (non-hydrogen) atoms. The average molecular weight is 310 g/mol. The largest absolute Gasteiger partial charge is 0.457 e. The van der Waals surface area contributed by atoms with Gasteiger partial charge in [0, 0.05) is 31.7 Å². The highest BCUT2D eigenvalue weighted by molar-refractivity contribution is 5.99. The molecule has 0 radical (unpaired) electrons. The molecule has 0 aromatic heterocycles. The van der Waals surface area contributed by atoms with Gasteiger partial charge in [-0.2, -0.15) is 0 Å². The molecule has 0 unspecified atom stereocenters. The van der Waals surface area contributed by atoms with E-state index in [0.29, 0.717) is 6.54 Å². The third-order valence-corrected chi connectivity index (χ3v) is 4.05. The lowest BCUT2D eigenvalue weighted by atomic mass is 10.0. The van der Waals surface area contributed by atoms with Gasteiger partial charge in [-0.25, -0.2) is 0 Å². The number of nitrogens with one attached hydrogen (secondary N) is 1. The first-order valence-electron chi connectivity index (χ1n) is 8.02. The van der Waals surface area contributed by atoms with Crippen LogP contribution in [0.15, 0.2) is 48.5 Å². The Morgan fingerprint density at radius 2 is 1.83 bits per heavy atom. The fraction of sp³-hybridized carbons (Fsp3) is 0.316. The van der Waals surface area contributed by atoms with Crippen LogP contribution in [-0.4, -0.2) is 43.4 Å². The first kappa shape index (κ1) is 15.7. The number of hydrogen-bond acceptors (Lipinski definition) is 4. The number of nitrogens with zero attached hydrogens (tertiary/aromatic N) is 1. The van der Waals surface area contributed by atoms with E-state index in [1.54, 1.807) is 0 Å². The quantitative estimate of drug-likeness (QED) is 0.862. The van der Waals surface area contributed by atoms with Crippen molar-refractivity contribution in [2.45, 2.75) is 6.92 Å². The summed E-state index contributed by atoms with van der Waals surface area (Å²) in [6, 6.07) is 15.3. The first-order valence-corrected chi connectivity index (χ1v) is 8.02. The molecule has 1 N–H and O–H groups in total. The van der Waals surface area contributed by atoms with Gasteiger partial charge in [0.25, 0.3) is 0 Å². The molecule has 4 nitrogen and oxygen atoms in total. The molecular weight excluding hydrogens is 288 g/mol. The number of carbonyl (C=O) groups is 1. The van der Waals surface area contributed by atoms with E-state index >= 15 is 0 Å². The number of rotatable bonds is 5. The second-order valence-corrected chi connectivity index (χ2v) is 5.84. The van der Waals surface area contributed by atoms with Crippen LogP contribution in [0.5, 0.6) is 11.5 Å². The van der Waals surface area contributed by atoms with Crippen LogP contribution in [0.25, 0.3) is 0 Å². The lowest BCUT2D eigenvalue weighted by molar-refractivity contribution is 0.0921. The van der Waals surface area contributed by atoms with Crippen LogP contribution in [0.1, 0.15) is 15.9 Å². The maximum Gasteiger partial charge on any atom is 0.177 e. The van der Waals surface area contributed by atoms with Gasteiger partial charge in [0.15, 0.2) is 5.78 Å². The zero-order valence-corrected chi connectivity index (χ0v) is 13.4. The number of benzene rings is 2. The van der Waals surface area contributed by atoms with Crippen LogP contribution < -0.4 is 10.1 Å². The molecule has 1 heterocycles. The van der Waals surface area contributed by atoms with Gasteiger partial charge in [-0.05, 0) is 42.8 Å². The Morgan fingerprint density at radius 1 is 1.09 bits per heavy atom. The highest BCUT2D eigenvalue weighted by Crippen LogP contribution is 2.24. The fourth-order valence-corrected chi connectivity index (χ4v) is 2.79. The van der Waals surface area contributed by atoms with Crippen molar-refractivity contribution in [3.05, 3.63) is 59.7 Å². The van der Waals surface area contributed by atoms with Gasteiger partial charge in [-0.15, -0.1) is 0 Å². The Morgan fingerprint density at radius 3 is 2.52 bits per heavy atom. The third kappa shape index (κ3) is 4.18. The van der Waals surface area contributed by atoms with Crippen LogP contribution in [0.2, 0.25) is 0 Å². The first-order chi connectivity index (χ1) is 11.2. The summed E-state index contributed by atoms with van der Waals surface area (Å²) in [6.07, 6.45) is 0. The molecule has 0 saturated carbocycles. The lowest BCUT2D eigenvalue weighted by Crippen LogP contribution is -2.45. The number of Topliss-reactive ketones (excluding diaryl/α,β-unsaturated/α-hetero) is 1. The van der Waals surface area contributed by atoms with Gasteiger partial charge in [-0.1, -0.05) is 18.2 Å². The van der Waals surface area contributed by atoms with E-state index in [9.17, 15) is 4.79 Å². The van der Waals surface area contributed by atoms with Crippen molar-refractivity contribution in [3.63, 3.8) is 0 Å². The molecule has 1 fully saturated rings. The molecule has 120 valence electrons. The summed E-state index contributed by atoms with van der Waals surface area (Å²) in [7, 11) is 0. The molecule has 0 aliphatic carbocycles. The van der Waals surface area contributed by atoms with Gasteiger partial charge < -0.3 is 10.1 Å². The van der Waals surface area contributed by atoms with Crippen molar-refractivity contribution in [3.8, 4) is 11.5 Å². The number of ketones is 1. The minimum Gasteiger partial charge on any atom is -0.457 e. The van der Waals surface area contributed by atoms with E-state index in [-0.39, 0.29) is 5.78 Å². The topological polar surface area (TPSA) is 41.6 Å². The predicted molar refractivity (Wildman–Crippen MR) is 91.3 cm³/mol. The van der Waals surface area contributed by atoms with Crippen LogP contribution in [0.4, 0.5) is 0 Å². The van der Waals surface area contributed by atoms with E-state index in [2.05, 4.69) is 10.2 Å². The van der Waals surface area contributed by atoms with E-state index < -0.39 is 0 Å². The molecule has 0 amide bonds. The number of ether oxygens (including phenoxy) is 1. The highest BCUT2D eigenvalue weighted by Gasteiger charge is 2.16. The van der Waals surface area contributed by atoms with Crippen molar-refractivity contribution >= 4 is 5.78 Å². The van der Waals surface area contributed by atoms with Crippen molar-refractivity contribution < 1.29 is 9.53 Å². The molecule has 0 spiro atoms. The van der Waals surface area contributed by atoms with Crippen molar-refractivity contribution in [1.82, 2.24) is 10.2 Å². The number of carbonyl (C=O) groups excluding carboxylic acids is 1. The van der Waals surface area contributed by atoms with E-state index in [1.165, 1.54) is 0 Å². The minimum atomic E-state index is 0.177. The number of hydrogen-bond donors (Lipinski definition) is 1. The van der Waals surface area contributed by atoms with Crippen LogP contribution in [0, 0.1) is 6.92 Å². The smallest absolute Gasteiger partial charge is 0.177 e. The van der Waals surface area contributed by atoms with Crippen LogP contribution in [0.3, 0.4) is 0 Å². The van der Waals surface area contributed by atoms with Gasteiger partial charge in [0.05, 0.1) is 6.54 Å². The molecule has 1 aliphatic rings. The van der Waals surface area contributed by atoms with Crippen LogP contribution in [-0.2, 0) is 0 Å². The van der Waals surface area contributed by atoms with Gasteiger partial charge >= 0.3 is 0 Å². The Kier molecular flexibility index (Phi) is 5.05. The summed E-state index contributed by atoms with van der Waals surface area (Å²) < 4.78 is 5.81. The van der Waals surface area contributed by atoms with Crippen molar-refractivity contribution in [1.29, 1.82) is 0 Å². The monoisotopic (exact) mass is 310 g/mol. The molecular formula is C19H22N2O2. The third-order valence-electron chi connectivity index (χ3n) is 4.05. The normalized spacial score (nSPS) is 15.3. The zero-order valence-electron chi connectivity index (χ0n) is 13.4. The summed E-state index contributed by atoms with van der Waals surface area (Å²) in [4.78, 5) is 14.7. The molecule has 0 bridgehead atoms. The van der Waals surface area contributed by atoms with Crippen molar-refractivity contribution in [2.75, 3.05) is 32.7 Å². The van der Waals surface area contributed by atoms with E-state index in [0.717, 1.165) is 48.8 Å². The summed E-state index contributed by atoms with van der Waals surface area (Å²) in [6.45, 7) is 6.22. The summed E-state index contributed by atoms with van der Waals surface area (Å²) in [5.41, 5.74) is 1.74. The molecule has 1 saturated heterocycles. The molecule has 2 aromatic rings. The molecule has 0 atom stereocenters. The molecule has 2 aromatic carbocycles. The summed E-state index contributed by atoms with van der Waals surface area (Å²) in [5, 5.41) is 3.30. The van der Waals surface area contributed by atoms with Crippen LogP contribution >= 0.6 is 0 Å². The second kappa shape index (κ2) is 7.40. The van der Waals surface area contributed by atoms with Gasteiger partial charge in [0.2, 0.25) is 0 Å². The maximum atomic E-state index is 12.5. The van der Waals surface area contributed by atoms with Gasteiger partial charge in [0.1, 0.15) is 11.5 Å². The van der Waals surface area contributed by atoms with Gasteiger partial charge in [-0.3, -0.25) is 9.69 Å². The number of piperazine rings is 1. The number of para-hydroxylation sites is 1. The Hall–Kier alpha value is -2.17. The molecule has 3 rings (SSSR count). The van der Waals surface area contributed by atoms with E-state index in [1.807, 2.05) is 55.5 Å². The Bertz CT molecular complexity index is 664. The zero-order chi connectivity index (χ0) is 16.1. The van der Waals surface area contributed by atoms with E-state index in [4.69, 9.17) is 4.74 Å². The Balaban J connectivity index is 1.67. The average Bonchev–Trinajstić information content (AvgIpc) is 2.57. The summed E-state index contributed by atoms with van der Waals surface area (Å²) in [5.74, 6) is 1.73. The minimum absolute atomic E-state index is 0.177. The predicted octanol–water partition coefficient (Wildman–Crippen LogP) is 2.88. The molecule has 1 aliphatic heterocycles. The SMILES string of the molecule is Cc1cc(Oc2ccccc2)ccc1C(=O)CN1CCNCC1. The lowest BCUT2D eigenvalue weighted by Gasteiger charge is -2.26. The molecule has 4 heteroatoms. The fourth-order valence-electron chi connectivity index (χ4n) is 2.79. The number of aryl methyl sites for hydroxylation is 1.